The molecule has 0 aliphatic carbocycles. The molecule has 0 saturated carbocycles. The van der Waals surface area contributed by atoms with Crippen molar-refractivity contribution in [1.82, 2.24) is 4.90 Å². The maximum absolute atomic E-state index is 12.6. The van der Waals surface area contributed by atoms with E-state index in [1.807, 2.05) is 19.1 Å². The topological polar surface area (TPSA) is 67.9 Å². The van der Waals surface area contributed by atoms with Crippen molar-refractivity contribution in [3.05, 3.63) is 59.8 Å². The van der Waals surface area contributed by atoms with Crippen LogP contribution in [0.15, 0.2) is 54.2 Å². The summed E-state index contributed by atoms with van der Waals surface area (Å²) in [5.41, 5.74) is 1.95. The van der Waals surface area contributed by atoms with E-state index >= 15 is 0 Å². The molecular weight excluding hydrogens is 332 g/mol. The van der Waals surface area contributed by atoms with E-state index in [9.17, 15) is 9.59 Å². The molecule has 2 amide bonds. The summed E-state index contributed by atoms with van der Waals surface area (Å²) in [5, 5.41) is 3.08. The van der Waals surface area contributed by atoms with Crippen molar-refractivity contribution in [1.29, 1.82) is 0 Å². The van der Waals surface area contributed by atoms with E-state index in [4.69, 9.17) is 9.47 Å². The molecule has 6 heteroatoms. The predicted octanol–water partition coefficient (Wildman–Crippen LogP) is 2.92. The van der Waals surface area contributed by atoms with Gasteiger partial charge in [-0.3, -0.25) is 14.5 Å². The van der Waals surface area contributed by atoms with Gasteiger partial charge in [0, 0.05) is 12.7 Å². The SMILES string of the molecule is CCOc1ccc(NC2=C(c3ccc(OC)cc3)C(=O)N(C)C2=O)cc1. The molecular formula is C20H20N2O4. The second kappa shape index (κ2) is 7.31. The molecule has 1 aliphatic rings. The van der Waals surface area contributed by atoms with Crippen molar-refractivity contribution in [2.45, 2.75) is 6.92 Å². The summed E-state index contributed by atoms with van der Waals surface area (Å²) in [4.78, 5) is 26.2. The van der Waals surface area contributed by atoms with Gasteiger partial charge in [-0.25, -0.2) is 0 Å². The van der Waals surface area contributed by atoms with Crippen molar-refractivity contribution in [2.75, 3.05) is 26.1 Å². The van der Waals surface area contributed by atoms with Crippen LogP contribution in [0, 0.1) is 0 Å². The number of hydrogen-bond donors (Lipinski definition) is 1. The summed E-state index contributed by atoms with van der Waals surface area (Å²) in [6.07, 6.45) is 0. The smallest absolute Gasteiger partial charge is 0.277 e. The normalized spacial score (nSPS) is 14.0. The Morgan fingerprint density at radius 1 is 0.923 bits per heavy atom. The maximum atomic E-state index is 12.6. The first-order chi connectivity index (χ1) is 12.5. The first-order valence-electron chi connectivity index (χ1n) is 8.26. The lowest BCUT2D eigenvalue weighted by atomic mass is 10.0. The van der Waals surface area contributed by atoms with Crippen molar-refractivity contribution in [2.24, 2.45) is 0 Å². The molecule has 1 aliphatic heterocycles. The molecule has 0 atom stereocenters. The third-order valence-electron chi connectivity index (χ3n) is 4.10. The van der Waals surface area contributed by atoms with Crippen LogP contribution in [0.2, 0.25) is 0 Å². The Bertz CT molecular complexity index is 854. The van der Waals surface area contributed by atoms with Crippen LogP contribution in [0.1, 0.15) is 12.5 Å². The average Bonchev–Trinajstić information content (AvgIpc) is 2.87. The number of nitrogens with one attached hydrogen (secondary N) is 1. The number of carbonyl (C=O) groups excluding carboxylic acids is 2. The molecule has 6 nitrogen and oxygen atoms in total. The van der Waals surface area contributed by atoms with Crippen LogP contribution < -0.4 is 14.8 Å². The van der Waals surface area contributed by atoms with E-state index in [1.165, 1.54) is 7.05 Å². The molecule has 0 spiro atoms. The number of ether oxygens (including phenoxy) is 2. The zero-order chi connectivity index (χ0) is 18.7. The molecule has 26 heavy (non-hydrogen) atoms. The molecule has 0 fully saturated rings. The number of benzene rings is 2. The number of rotatable bonds is 6. The number of nitrogens with zero attached hydrogens (tertiary/aromatic N) is 1. The van der Waals surface area contributed by atoms with Gasteiger partial charge < -0.3 is 14.8 Å². The second-order valence-electron chi connectivity index (χ2n) is 5.73. The van der Waals surface area contributed by atoms with E-state index in [1.54, 1.807) is 43.5 Å². The minimum absolute atomic E-state index is 0.256. The van der Waals surface area contributed by atoms with Crippen molar-refractivity contribution < 1.29 is 19.1 Å². The molecule has 0 aromatic heterocycles. The number of amides is 2. The highest BCUT2D eigenvalue weighted by Gasteiger charge is 2.36. The molecule has 134 valence electrons. The van der Waals surface area contributed by atoms with E-state index in [0.717, 1.165) is 10.6 Å². The number of carbonyl (C=O) groups is 2. The largest absolute Gasteiger partial charge is 0.497 e. The number of likely N-dealkylation sites (N-methyl/N-ethyl adjacent to an activating group) is 1. The fourth-order valence-corrected chi connectivity index (χ4v) is 2.73. The predicted molar refractivity (Wildman–Crippen MR) is 98.9 cm³/mol. The molecule has 0 radical (unpaired) electrons. The Kier molecular flexibility index (Phi) is 4.93. The van der Waals surface area contributed by atoms with Crippen molar-refractivity contribution in [3.63, 3.8) is 0 Å². The summed E-state index contributed by atoms with van der Waals surface area (Å²) in [6.45, 7) is 2.49. The van der Waals surface area contributed by atoms with E-state index in [-0.39, 0.29) is 17.5 Å². The molecule has 0 unspecified atom stereocenters. The Labute approximate surface area is 152 Å². The van der Waals surface area contributed by atoms with Gasteiger partial charge in [0.1, 0.15) is 17.2 Å². The summed E-state index contributed by atoms with van der Waals surface area (Å²) in [6, 6.07) is 14.3. The number of hydrogen-bond acceptors (Lipinski definition) is 5. The number of methoxy groups -OCH3 is 1. The summed E-state index contributed by atoms with van der Waals surface area (Å²) < 4.78 is 10.6. The van der Waals surface area contributed by atoms with Crippen LogP contribution in [0.25, 0.3) is 5.57 Å². The lowest BCUT2D eigenvalue weighted by Crippen LogP contribution is -2.27. The standard InChI is InChI=1S/C20H20N2O4/c1-4-26-16-11-7-14(8-12-16)21-18-17(19(23)22(2)20(18)24)13-5-9-15(25-3)10-6-13/h5-12,21H,4H2,1-3H3. The first-order valence-corrected chi connectivity index (χ1v) is 8.26. The molecule has 1 heterocycles. The van der Waals surface area contributed by atoms with Gasteiger partial charge in [0.2, 0.25) is 0 Å². The Morgan fingerprint density at radius 3 is 2.12 bits per heavy atom. The van der Waals surface area contributed by atoms with Crippen LogP contribution in [-0.4, -0.2) is 37.5 Å². The minimum Gasteiger partial charge on any atom is -0.497 e. The van der Waals surface area contributed by atoms with Gasteiger partial charge in [-0.2, -0.15) is 0 Å². The third kappa shape index (κ3) is 3.26. The molecule has 2 aromatic rings. The first kappa shape index (κ1) is 17.5. The molecule has 0 bridgehead atoms. The highest BCUT2D eigenvalue weighted by molar-refractivity contribution is 6.36. The highest BCUT2D eigenvalue weighted by atomic mass is 16.5. The van der Waals surface area contributed by atoms with Crippen LogP contribution in [0.4, 0.5) is 5.69 Å². The average molecular weight is 352 g/mol. The fourth-order valence-electron chi connectivity index (χ4n) is 2.73. The van der Waals surface area contributed by atoms with Gasteiger partial charge in [-0.15, -0.1) is 0 Å². The quantitative estimate of drug-likeness (QED) is 0.810. The Morgan fingerprint density at radius 2 is 1.54 bits per heavy atom. The summed E-state index contributed by atoms with van der Waals surface area (Å²) >= 11 is 0. The zero-order valence-electron chi connectivity index (χ0n) is 14.9. The number of anilines is 1. The minimum atomic E-state index is -0.366. The third-order valence-corrected chi connectivity index (χ3v) is 4.10. The van der Waals surface area contributed by atoms with Gasteiger partial charge in [0.15, 0.2) is 0 Å². The van der Waals surface area contributed by atoms with E-state index < -0.39 is 0 Å². The van der Waals surface area contributed by atoms with Crippen LogP contribution in [0.3, 0.4) is 0 Å². The van der Waals surface area contributed by atoms with Gasteiger partial charge in [-0.05, 0) is 48.9 Å². The van der Waals surface area contributed by atoms with Gasteiger partial charge >= 0.3 is 0 Å². The lowest BCUT2D eigenvalue weighted by Gasteiger charge is -2.10. The monoisotopic (exact) mass is 352 g/mol. The van der Waals surface area contributed by atoms with E-state index in [0.29, 0.717) is 29.2 Å². The molecule has 3 rings (SSSR count). The Balaban J connectivity index is 1.96. The molecule has 2 aromatic carbocycles. The Hall–Kier alpha value is -3.28. The van der Waals surface area contributed by atoms with Gasteiger partial charge in [0.05, 0.1) is 19.3 Å². The van der Waals surface area contributed by atoms with Gasteiger partial charge in [-0.1, -0.05) is 12.1 Å². The fraction of sp³-hybridized carbons (Fsp3) is 0.200. The van der Waals surface area contributed by atoms with Crippen LogP contribution >= 0.6 is 0 Å². The number of imide groups is 1. The van der Waals surface area contributed by atoms with Crippen LogP contribution in [0.5, 0.6) is 11.5 Å². The highest BCUT2D eigenvalue weighted by Crippen LogP contribution is 2.30. The second-order valence-corrected chi connectivity index (χ2v) is 5.73. The van der Waals surface area contributed by atoms with Gasteiger partial charge in [0.25, 0.3) is 11.8 Å². The molecule has 1 N–H and O–H groups in total. The molecule has 0 saturated heterocycles. The van der Waals surface area contributed by atoms with E-state index in [2.05, 4.69) is 5.32 Å². The van der Waals surface area contributed by atoms with Crippen molar-refractivity contribution in [3.8, 4) is 11.5 Å². The maximum Gasteiger partial charge on any atom is 0.277 e. The zero-order valence-corrected chi connectivity index (χ0v) is 14.9. The lowest BCUT2D eigenvalue weighted by molar-refractivity contribution is -0.135. The summed E-state index contributed by atoms with van der Waals surface area (Å²) in [5.74, 6) is 0.720. The van der Waals surface area contributed by atoms with Crippen molar-refractivity contribution >= 4 is 23.1 Å². The summed E-state index contributed by atoms with van der Waals surface area (Å²) in [7, 11) is 3.05. The van der Waals surface area contributed by atoms with Crippen LogP contribution in [-0.2, 0) is 9.59 Å².